The molecule has 0 unspecified atom stereocenters. The van der Waals surface area contributed by atoms with E-state index in [0.717, 1.165) is 4.47 Å². The molecule has 0 radical (unpaired) electrons. The van der Waals surface area contributed by atoms with Gasteiger partial charge in [-0.1, -0.05) is 27.5 Å². The smallest absolute Gasteiger partial charge is 0.265 e. The molecule has 108 valence electrons. The fourth-order valence-electron chi connectivity index (χ4n) is 1.78. The van der Waals surface area contributed by atoms with Crippen LogP contribution >= 0.6 is 27.5 Å². The number of halogens is 2. The third-order valence-corrected chi connectivity index (χ3v) is 5.10. The van der Waals surface area contributed by atoms with E-state index in [1.54, 1.807) is 29.8 Å². The highest BCUT2D eigenvalue weighted by Crippen LogP contribution is 2.28. The van der Waals surface area contributed by atoms with Gasteiger partial charge in [0.15, 0.2) is 0 Å². The van der Waals surface area contributed by atoms with E-state index in [2.05, 4.69) is 25.8 Å². The van der Waals surface area contributed by atoms with Gasteiger partial charge in [0, 0.05) is 11.0 Å². The molecule has 1 aromatic heterocycles. The minimum absolute atomic E-state index is 0.151. The van der Waals surface area contributed by atoms with Gasteiger partial charge < -0.3 is 0 Å². The molecule has 0 aliphatic rings. The maximum Gasteiger partial charge on any atom is 0.265 e. The highest BCUT2D eigenvalue weighted by molar-refractivity contribution is 9.10. The monoisotopic (exact) mass is 377 g/mol. The van der Waals surface area contributed by atoms with Crippen LogP contribution in [0.4, 0.5) is 5.69 Å². The van der Waals surface area contributed by atoms with Gasteiger partial charge in [-0.3, -0.25) is 9.40 Å². The summed E-state index contributed by atoms with van der Waals surface area (Å²) >= 11 is 9.29. The number of anilines is 1. The topological polar surface area (TPSA) is 64.0 Å². The zero-order valence-electron chi connectivity index (χ0n) is 10.9. The number of nitrogens with zero attached hydrogens (tertiary/aromatic N) is 2. The van der Waals surface area contributed by atoms with Gasteiger partial charge in [0.25, 0.3) is 10.0 Å². The fourth-order valence-corrected chi connectivity index (χ4v) is 3.82. The Bertz CT molecular complexity index is 743. The van der Waals surface area contributed by atoms with Crippen molar-refractivity contribution in [3.8, 4) is 0 Å². The summed E-state index contributed by atoms with van der Waals surface area (Å²) in [5, 5.41) is 4.36. The molecule has 5 nitrogen and oxygen atoms in total. The number of sulfonamides is 1. The van der Waals surface area contributed by atoms with Crippen molar-refractivity contribution in [3.63, 3.8) is 0 Å². The van der Waals surface area contributed by atoms with Crippen LogP contribution in [-0.2, 0) is 16.6 Å². The van der Waals surface area contributed by atoms with Crippen LogP contribution in [0.1, 0.15) is 12.6 Å². The minimum Gasteiger partial charge on any atom is -0.278 e. The van der Waals surface area contributed by atoms with E-state index in [1.807, 2.05) is 6.92 Å². The number of benzene rings is 1. The van der Waals surface area contributed by atoms with Crippen molar-refractivity contribution in [2.24, 2.45) is 0 Å². The van der Waals surface area contributed by atoms with Crippen LogP contribution in [-0.4, -0.2) is 18.2 Å². The van der Waals surface area contributed by atoms with Crippen molar-refractivity contribution in [1.29, 1.82) is 0 Å². The Labute approximate surface area is 131 Å². The predicted molar refractivity (Wildman–Crippen MR) is 82.6 cm³/mol. The highest BCUT2D eigenvalue weighted by atomic mass is 79.9. The molecule has 0 saturated carbocycles. The van der Waals surface area contributed by atoms with Crippen LogP contribution in [0.15, 0.2) is 33.8 Å². The van der Waals surface area contributed by atoms with E-state index >= 15 is 0 Å². The fraction of sp³-hybridized carbons (Fsp3) is 0.250. The van der Waals surface area contributed by atoms with Crippen molar-refractivity contribution in [3.05, 3.63) is 39.6 Å². The summed E-state index contributed by atoms with van der Waals surface area (Å²) in [5.41, 5.74) is 0.923. The van der Waals surface area contributed by atoms with Crippen molar-refractivity contribution in [2.75, 3.05) is 4.72 Å². The molecule has 0 atom stereocenters. The van der Waals surface area contributed by atoms with Crippen molar-refractivity contribution >= 4 is 43.2 Å². The first kappa shape index (κ1) is 15.3. The molecule has 0 saturated heterocycles. The number of aromatic nitrogens is 2. The SMILES string of the molecule is CCn1ncc(S(=O)(=O)Nc2ccc(Br)cc2Cl)c1C. The van der Waals surface area contributed by atoms with Crippen molar-refractivity contribution in [1.82, 2.24) is 9.78 Å². The van der Waals surface area contributed by atoms with Crippen LogP contribution in [0.3, 0.4) is 0 Å². The quantitative estimate of drug-likeness (QED) is 0.886. The van der Waals surface area contributed by atoms with E-state index in [-0.39, 0.29) is 4.90 Å². The number of hydrogen-bond acceptors (Lipinski definition) is 3. The first-order valence-corrected chi connectivity index (χ1v) is 8.51. The van der Waals surface area contributed by atoms with Gasteiger partial charge in [-0.2, -0.15) is 5.10 Å². The van der Waals surface area contributed by atoms with E-state index in [0.29, 0.717) is 22.9 Å². The predicted octanol–water partition coefficient (Wildman–Crippen LogP) is 3.43. The van der Waals surface area contributed by atoms with Gasteiger partial charge in [-0.05, 0) is 32.0 Å². The molecule has 0 amide bonds. The van der Waals surface area contributed by atoms with Gasteiger partial charge in [0.1, 0.15) is 4.90 Å². The lowest BCUT2D eigenvalue weighted by Gasteiger charge is -2.09. The highest BCUT2D eigenvalue weighted by Gasteiger charge is 2.21. The number of aryl methyl sites for hydroxylation is 1. The Morgan fingerprint density at radius 3 is 2.70 bits per heavy atom. The molecule has 2 rings (SSSR count). The lowest BCUT2D eigenvalue weighted by Crippen LogP contribution is -2.14. The summed E-state index contributed by atoms with van der Waals surface area (Å²) in [6.45, 7) is 4.23. The normalized spacial score (nSPS) is 11.6. The number of rotatable bonds is 4. The van der Waals surface area contributed by atoms with Gasteiger partial charge >= 0.3 is 0 Å². The zero-order chi connectivity index (χ0) is 14.9. The Balaban J connectivity index is 2.38. The molecular weight excluding hydrogens is 366 g/mol. The Hall–Kier alpha value is -1.05. The average molecular weight is 379 g/mol. The minimum atomic E-state index is -3.70. The second-order valence-electron chi connectivity index (χ2n) is 4.14. The largest absolute Gasteiger partial charge is 0.278 e. The first-order valence-electron chi connectivity index (χ1n) is 5.85. The summed E-state index contributed by atoms with van der Waals surface area (Å²) < 4.78 is 29.6. The molecule has 1 N–H and O–H groups in total. The second kappa shape index (κ2) is 5.75. The van der Waals surface area contributed by atoms with Crippen LogP contribution in [0.5, 0.6) is 0 Å². The Morgan fingerprint density at radius 2 is 2.15 bits per heavy atom. The second-order valence-corrected chi connectivity index (χ2v) is 7.11. The average Bonchev–Trinajstić information content (AvgIpc) is 2.74. The van der Waals surface area contributed by atoms with E-state index in [1.165, 1.54) is 6.20 Å². The molecule has 0 bridgehead atoms. The zero-order valence-corrected chi connectivity index (χ0v) is 14.1. The standard InChI is InChI=1S/C12H13BrClN3O2S/c1-3-17-8(2)12(7-15-17)20(18,19)16-11-5-4-9(13)6-10(11)14/h4-7,16H,3H2,1-2H3. The van der Waals surface area contributed by atoms with E-state index in [4.69, 9.17) is 11.6 Å². The molecule has 20 heavy (non-hydrogen) atoms. The van der Waals surface area contributed by atoms with Crippen molar-refractivity contribution in [2.45, 2.75) is 25.3 Å². The summed E-state index contributed by atoms with van der Waals surface area (Å²) in [5.74, 6) is 0. The van der Waals surface area contributed by atoms with Gasteiger partial charge in [-0.15, -0.1) is 0 Å². The molecule has 2 aromatic rings. The third kappa shape index (κ3) is 2.99. The van der Waals surface area contributed by atoms with Gasteiger partial charge in [0.05, 0.1) is 22.6 Å². The van der Waals surface area contributed by atoms with Crippen LogP contribution < -0.4 is 4.72 Å². The third-order valence-electron chi connectivity index (χ3n) is 2.82. The molecular formula is C12H13BrClN3O2S. The molecule has 1 heterocycles. The summed E-state index contributed by atoms with van der Waals surface area (Å²) in [6, 6.07) is 4.94. The summed E-state index contributed by atoms with van der Waals surface area (Å²) in [7, 11) is -3.70. The lowest BCUT2D eigenvalue weighted by molar-refractivity contribution is 0.598. The van der Waals surface area contributed by atoms with Gasteiger partial charge in [0.2, 0.25) is 0 Å². The number of hydrogen-bond donors (Lipinski definition) is 1. The van der Waals surface area contributed by atoms with Gasteiger partial charge in [-0.25, -0.2) is 8.42 Å². The molecule has 0 aliphatic carbocycles. The van der Waals surface area contributed by atoms with E-state index < -0.39 is 10.0 Å². The number of nitrogens with one attached hydrogen (secondary N) is 1. The van der Waals surface area contributed by atoms with Crippen LogP contribution in [0.25, 0.3) is 0 Å². The molecule has 1 aromatic carbocycles. The summed E-state index contributed by atoms with van der Waals surface area (Å²) in [4.78, 5) is 0.151. The van der Waals surface area contributed by atoms with Crippen molar-refractivity contribution < 1.29 is 8.42 Å². The Morgan fingerprint density at radius 1 is 1.45 bits per heavy atom. The Kier molecular flexibility index (Phi) is 4.41. The molecule has 0 aliphatic heterocycles. The maximum absolute atomic E-state index is 12.4. The summed E-state index contributed by atoms with van der Waals surface area (Å²) in [6.07, 6.45) is 1.34. The van der Waals surface area contributed by atoms with Crippen LogP contribution in [0, 0.1) is 6.92 Å². The molecule has 0 spiro atoms. The molecule has 8 heteroatoms. The maximum atomic E-state index is 12.4. The lowest BCUT2D eigenvalue weighted by atomic mass is 10.3. The van der Waals surface area contributed by atoms with E-state index in [9.17, 15) is 8.42 Å². The molecule has 0 fully saturated rings. The van der Waals surface area contributed by atoms with Crippen LogP contribution in [0.2, 0.25) is 5.02 Å². The first-order chi connectivity index (χ1) is 9.35.